The molecule has 1 aliphatic rings. The van der Waals surface area contributed by atoms with E-state index in [-0.39, 0.29) is 34.8 Å². The maximum absolute atomic E-state index is 12.4. The van der Waals surface area contributed by atoms with Crippen molar-refractivity contribution in [2.24, 2.45) is 5.92 Å². The van der Waals surface area contributed by atoms with E-state index in [9.17, 15) is 15.0 Å². The molecule has 0 saturated heterocycles. The van der Waals surface area contributed by atoms with Crippen LogP contribution in [0.4, 0.5) is 0 Å². The number of aromatic hydroxyl groups is 2. The minimum absolute atomic E-state index is 0.0517. The van der Waals surface area contributed by atoms with Crippen LogP contribution in [0.5, 0.6) is 11.5 Å². The molecular formula is C21H29NO3. The standard InChI is InChI=1S/C21H29NO3/c1-6-7-14-11-17(23)19(20(24)18(14)21(25)22-5)16-10-13(4)8-9-15(16)12(2)3/h10-11,15-16,23-24H,2,6-9H2,1,3-5H3,(H,22,25)/t15-,16+/m0/s1. The highest BCUT2D eigenvalue weighted by Crippen LogP contribution is 2.48. The molecule has 0 radical (unpaired) electrons. The number of aryl methyl sites for hydroxylation is 1. The Labute approximate surface area is 150 Å². The van der Waals surface area contributed by atoms with Gasteiger partial charge in [-0.1, -0.05) is 37.1 Å². The third-order valence-electron chi connectivity index (χ3n) is 5.09. The second-order valence-corrected chi connectivity index (χ2v) is 7.05. The summed E-state index contributed by atoms with van der Waals surface area (Å²) in [5.74, 6) is -0.424. The van der Waals surface area contributed by atoms with Crippen LogP contribution in [0.15, 0.2) is 29.9 Å². The summed E-state index contributed by atoms with van der Waals surface area (Å²) in [6, 6.07) is 1.64. The normalized spacial score (nSPS) is 20.1. The third-order valence-corrected chi connectivity index (χ3v) is 5.09. The van der Waals surface area contributed by atoms with Gasteiger partial charge in [0.15, 0.2) is 0 Å². The zero-order chi connectivity index (χ0) is 18.7. The highest BCUT2D eigenvalue weighted by Gasteiger charge is 2.32. The molecule has 0 unspecified atom stereocenters. The van der Waals surface area contributed by atoms with Crippen molar-refractivity contribution in [3.8, 4) is 11.5 Å². The van der Waals surface area contributed by atoms with Crippen LogP contribution in [0.1, 0.15) is 67.4 Å². The van der Waals surface area contributed by atoms with Gasteiger partial charge in [0.1, 0.15) is 11.5 Å². The van der Waals surface area contributed by atoms with Crippen LogP contribution in [-0.2, 0) is 6.42 Å². The number of amides is 1. The van der Waals surface area contributed by atoms with Gasteiger partial charge in [-0.25, -0.2) is 0 Å². The van der Waals surface area contributed by atoms with Crippen molar-refractivity contribution < 1.29 is 15.0 Å². The molecule has 4 nitrogen and oxygen atoms in total. The summed E-state index contributed by atoms with van der Waals surface area (Å²) in [5, 5.41) is 24.2. The lowest BCUT2D eigenvalue weighted by Crippen LogP contribution is -2.22. The van der Waals surface area contributed by atoms with E-state index >= 15 is 0 Å². The van der Waals surface area contributed by atoms with Gasteiger partial charge in [-0.05, 0) is 50.7 Å². The van der Waals surface area contributed by atoms with Gasteiger partial charge < -0.3 is 15.5 Å². The van der Waals surface area contributed by atoms with Crippen molar-refractivity contribution in [3.63, 3.8) is 0 Å². The zero-order valence-corrected chi connectivity index (χ0v) is 15.6. The van der Waals surface area contributed by atoms with Crippen molar-refractivity contribution in [2.45, 2.75) is 52.4 Å². The number of nitrogens with one attached hydrogen (secondary N) is 1. The van der Waals surface area contributed by atoms with E-state index in [1.807, 2.05) is 13.8 Å². The van der Waals surface area contributed by atoms with Gasteiger partial charge in [0.2, 0.25) is 0 Å². The molecular weight excluding hydrogens is 314 g/mol. The fourth-order valence-corrected chi connectivity index (χ4v) is 3.80. The molecule has 1 aromatic carbocycles. The molecule has 0 spiro atoms. The summed E-state index contributed by atoms with van der Waals surface area (Å²) in [6.45, 7) is 10.1. The van der Waals surface area contributed by atoms with E-state index in [0.29, 0.717) is 17.5 Å². The molecule has 0 fully saturated rings. The minimum atomic E-state index is -0.328. The molecule has 2 rings (SSSR count). The molecule has 0 aliphatic heterocycles. The Bertz CT molecular complexity index is 718. The molecule has 4 heteroatoms. The van der Waals surface area contributed by atoms with E-state index in [4.69, 9.17) is 0 Å². The number of hydrogen-bond donors (Lipinski definition) is 3. The number of carbonyl (C=O) groups is 1. The van der Waals surface area contributed by atoms with Gasteiger partial charge >= 0.3 is 0 Å². The first-order chi connectivity index (χ1) is 11.8. The van der Waals surface area contributed by atoms with Gasteiger partial charge in [-0.3, -0.25) is 4.79 Å². The first-order valence-corrected chi connectivity index (χ1v) is 8.94. The number of hydrogen-bond acceptors (Lipinski definition) is 3. The van der Waals surface area contributed by atoms with Crippen LogP contribution in [-0.4, -0.2) is 23.2 Å². The quantitative estimate of drug-likeness (QED) is 0.693. The van der Waals surface area contributed by atoms with Crippen molar-refractivity contribution in [1.29, 1.82) is 0 Å². The summed E-state index contributed by atoms with van der Waals surface area (Å²) in [5.41, 5.74) is 3.62. The Kier molecular flexibility index (Phi) is 5.93. The fourth-order valence-electron chi connectivity index (χ4n) is 3.80. The summed E-state index contributed by atoms with van der Waals surface area (Å²) in [6.07, 6.45) is 5.43. The van der Waals surface area contributed by atoms with Crippen molar-refractivity contribution >= 4 is 5.91 Å². The van der Waals surface area contributed by atoms with Crippen molar-refractivity contribution in [1.82, 2.24) is 5.32 Å². The van der Waals surface area contributed by atoms with E-state index < -0.39 is 0 Å². The number of phenols is 2. The van der Waals surface area contributed by atoms with E-state index in [1.54, 1.807) is 13.1 Å². The topological polar surface area (TPSA) is 69.6 Å². The molecule has 1 aliphatic carbocycles. The molecule has 0 saturated carbocycles. The van der Waals surface area contributed by atoms with Gasteiger partial charge in [0, 0.05) is 18.5 Å². The average Bonchev–Trinajstić information content (AvgIpc) is 2.54. The summed E-state index contributed by atoms with van der Waals surface area (Å²) in [4.78, 5) is 12.4. The molecule has 136 valence electrons. The Hall–Kier alpha value is -2.23. The fraction of sp³-hybridized carbons (Fsp3) is 0.476. The number of benzene rings is 1. The molecule has 0 aromatic heterocycles. The predicted molar refractivity (Wildman–Crippen MR) is 101 cm³/mol. The highest BCUT2D eigenvalue weighted by atomic mass is 16.3. The SMILES string of the molecule is C=C(C)[C@@H]1CCC(C)=C[C@H]1c1c(O)cc(CCC)c(C(=O)NC)c1O. The highest BCUT2D eigenvalue weighted by molar-refractivity contribution is 5.99. The number of allylic oxidation sites excluding steroid dienone is 3. The van der Waals surface area contributed by atoms with E-state index in [2.05, 4.69) is 24.9 Å². The van der Waals surface area contributed by atoms with Crippen molar-refractivity contribution in [2.75, 3.05) is 7.05 Å². The first-order valence-electron chi connectivity index (χ1n) is 8.94. The molecule has 0 bridgehead atoms. The molecule has 3 N–H and O–H groups in total. The average molecular weight is 343 g/mol. The monoisotopic (exact) mass is 343 g/mol. The van der Waals surface area contributed by atoms with Crippen LogP contribution in [0.2, 0.25) is 0 Å². The molecule has 1 aromatic rings. The Morgan fingerprint density at radius 2 is 2.08 bits per heavy atom. The largest absolute Gasteiger partial charge is 0.507 e. The maximum Gasteiger partial charge on any atom is 0.255 e. The molecule has 25 heavy (non-hydrogen) atoms. The van der Waals surface area contributed by atoms with E-state index in [1.165, 1.54) is 5.57 Å². The van der Waals surface area contributed by atoms with E-state index in [0.717, 1.165) is 24.8 Å². The summed E-state index contributed by atoms with van der Waals surface area (Å²) in [7, 11) is 1.55. The number of carbonyl (C=O) groups excluding carboxylic acids is 1. The van der Waals surface area contributed by atoms with Crippen LogP contribution in [0, 0.1) is 5.92 Å². The van der Waals surface area contributed by atoms with Gasteiger partial charge in [0.05, 0.1) is 5.56 Å². The van der Waals surface area contributed by atoms with Gasteiger partial charge in [-0.15, -0.1) is 0 Å². The second-order valence-electron chi connectivity index (χ2n) is 7.05. The minimum Gasteiger partial charge on any atom is -0.507 e. The summed E-state index contributed by atoms with van der Waals surface area (Å²) < 4.78 is 0. The Balaban J connectivity index is 2.70. The predicted octanol–water partition coefficient (Wildman–Crippen LogP) is 4.43. The second kappa shape index (κ2) is 7.77. The van der Waals surface area contributed by atoms with Crippen molar-refractivity contribution in [3.05, 3.63) is 46.6 Å². The third kappa shape index (κ3) is 3.73. The van der Waals surface area contributed by atoms with Crippen LogP contribution < -0.4 is 5.32 Å². The summed E-state index contributed by atoms with van der Waals surface area (Å²) >= 11 is 0. The lowest BCUT2D eigenvalue weighted by Gasteiger charge is -2.32. The number of phenolic OH excluding ortho intramolecular Hbond substituents is 2. The molecule has 0 heterocycles. The lowest BCUT2D eigenvalue weighted by molar-refractivity contribution is 0.0959. The van der Waals surface area contributed by atoms with Crippen LogP contribution >= 0.6 is 0 Å². The van der Waals surface area contributed by atoms with Crippen LogP contribution in [0.25, 0.3) is 0 Å². The molecule has 2 atom stereocenters. The lowest BCUT2D eigenvalue weighted by atomic mass is 9.73. The van der Waals surface area contributed by atoms with Gasteiger partial charge in [-0.2, -0.15) is 0 Å². The smallest absolute Gasteiger partial charge is 0.255 e. The first kappa shape index (κ1) is 19.1. The Morgan fingerprint density at radius 3 is 2.64 bits per heavy atom. The Morgan fingerprint density at radius 1 is 1.40 bits per heavy atom. The van der Waals surface area contributed by atoms with Gasteiger partial charge in [0.25, 0.3) is 5.91 Å². The molecule has 1 amide bonds. The van der Waals surface area contributed by atoms with Crippen LogP contribution in [0.3, 0.4) is 0 Å². The zero-order valence-electron chi connectivity index (χ0n) is 15.6. The number of rotatable bonds is 5. The maximum atomic E-state index is 12.4.